The number of hydrogen-bond acceptors (Lipinski definition) is 2. The first kappa shape index (κ1) is 38.1. The van der Waals surface area contributed by atoms with Crippen LogP contribution < -0.4 is 4.90 Å². The summed E-state index contributed by atoms with van der Waals surface area (Å²) in [5.74, 6) is 0. The van der Waals surface area contributed by atoms with Crippen molar-refractivity contribution in [2.24, 2.45) is 0 Å². The van der Waals surface area contributed by atoms with Crippen molar-refractivity contribution in [2.45, 2.75) is 19.3 Å². The van der Waals surface area contributed by atoms with Gasteiger partial charge in [-0.25, -0.2) is 0 Å². The Balaban J connectivity index is 0.993. The van der Waals surface area contributed by atoms with E-state index in [4.69, 9.17) is 4.42 Å². The van der Waals surface area contributed by atoms with Crippen LogP contribution in [0.3, 0.4) is 0 Å². The second-order valence-corrected chi connectivity index (χ2v) is 18.1. The quantitative estimate of drug-likeness (QED) is 0.159. The van der Waals surface area contributed by atoms with Crippen molar-refractivity contribution in [3.8, 4) is 50.2 Å². The lowest BCUT2D eigenvalue weighted by atomic mass is 9.81. The van der Waals surface area contributed by atoms with Crippen molar-refractivity contribution in [2.75, 3.05) is 4.90 Å². The Morgan fingerprint density at radius 3 is 1.73 bits per heavy atom. The van der Waals surface area contributed by atoms with Crippen LogP contribution in [0, 0.1) is 0 Å². The van der Waals surface area contributed by atoms with Gasteiger partial charge < -0.3 is 13.9 Å². The number of aromatic nitrogens is 1. The molecule has 12 aromatic rings. The first-order chi connectivity index (χ1) is 32.5. The van der Waals surface area contributed by atoms with Gasteiger partial charge in [0, 0.05) is 44.0 Å². The van der Waals surface area contributed by atoms with Crippen LogP contribution in [0.15, 0.2) is 235 Å². The van der Waals surface area contributed by atoms with E-state index in [1.165, 1.54) is 66.3 Å². The summed E-state index contributed by atoms with van der Waals surface area (Å²) in [5.41, 5.74) is 20.4. The maximum absolute atomic E-state index is 6.82. The van der Waals surface area contributed by atoms with Gasteiger partial charge in [-0.3, -0.25) is 0 Å². The van der Waals surface area contributed by atoms with Crippen LogP contribution in [0.1, 0.15) is 25.0 Å². The summed E-state index contributed by atoms with van der Waals surface area (Å²) in [6, 6.07) is 83.8. The van der Waals surface area contributed by atoms with E-state index in [0.717, 1.165) is 55.8 Å². The molecular weight excluding hydrogens is 801 g/mol. The van der Waals surface area contributed by atoms with Crippen LogP contribution in [-0.4, -0.2) is 4.57 Å². The molecule has 0 N–H and O–H groups in total. The zero-order chi connectivity index (χ0) is 43.9. The molecule has 2 heterocycles. The smallest absolute Gasteiger partial charge is 0.159 e. The summed E-state index contributed by atoms with van der Waals surface area (Å²) in [5, 5.41) is 4.74. The van der Waals surface area contributed by atoms with Crippen molar-refractivity contribution in [1.29, 1.82) is 0 Å². The number of rotatable bonds is 7. The summed E-state index contributed by atoms with van der Waals surface area (Å²) >= 11 is 0. The predicted octanol–water partition coefficient (Wildman–Crippen LogP) is 17.5. The number of anilines is 3. The molecule has 0 atom stereocenters. The number of furan rings is 1. The Morgan fingerprint density at radius 2 is 0.985 bits per heavy atom. The molecule has 0 radical (unpaired) electrons. The fourth-order valence-corrected chi connectivity index (χ4v) is 10.8. The maximum Gasteiger partial charge on any atom is 0.159 e. The fourth-order valence-electron chi connectivity index (χ4n) is 10.8. The Bertz CT molecular complexity index is 3780. The molecule has 1 aliphatic rings. The zero-order valence-corrected chi connectivity index (χ0v) is 36.7. The van der Waals surface area contributed by atoms with Crippen LogP contribution in [0.5, 0.6) is 0 Å². The lowest BCUT2D eigenvalue weighted by Crippen LogP contribution is -2.17. The average Bonchev–Trinajstić information content (AvgIpc) is 4.00. The van der Waals surface area contributed by atoms with Gasteiger partial charge in [-0.05, 0) is 128 Å². The molecule has 1 aliphatic carbocycles. The normalized spacial score (nSPS) is 12.8. The second kappa shape index (κ2) is 14.8. The SMILES string of the molecule is CC1(C)c2cc(-c3cccc4c3c3ccccc3n4-c3ccccc3)ccc2-c2ccc(N(c3cc(-c4ccccc4)cc(-c4ccccc4)c3)c3cccc4c3oc3ccccc34)cc21. The van der Waals surface area contributed by atoms with Gasteiger partial charge in [0.05, 0.1) is 16.7 Å². The number of nitrogens with zero attached hydrogens (tertiary/aromatic N) is 2. The minimum atomic E-state index is -0.291. The molecule has 0 bridgehead atoms. The molecule has 0 unspecified atom stereocenters. The summed E-state index contributed by atoms with van der Waals surface area (Å²) < 4.78 is 9.22. The third kappa shape index (κ3) is 5.90. The minimum Gasteiger partial charge on any atom is -0.454 e. The summed E-state index contributed by atoms with van der Waals surface area (Å²) in [4.78, 5) is 2.41. The van der Waals surface area contributed by atoms with E-state index < -0.39 is 0 Å². The molecule has 0 saturated carbocycles. The first-order valence-electron chi connectivity index (χ1n) is 22.8. The third-order valence-corrected chi connectivity index (χ3v) is 14.0. The lowest BCUT2D eigenvalue weighted by Gasteiger charge is -2.29. The highest BCUT2D eigenvalue weighted by Gasteiger charge is 2.37. The van der Waals surface area contributed by atoms with Gasteiger partial charge in [-0.1, -0.05) is 172 Å². The topological polar surface area (TPSA) is 21.3 Å². The van der Waals surface area contributed by atoms with Crippen LogP contribution in [0.25, 0.3) is 93.9 Å². The molecule has 0 amide bonds. The van der Waals surface area contributed by atoms with Crippen LogP contribution in [-0.2, 0) is 5.41 Å². The van der Waals surface area contributed by atoms with E-state index >= 15 is 0 Å². The fraction of sp³-hybridized carbons (Fsp3) is 0.0476. The molecule has 66 heavy (non-hydrogen) atoms. The minimum absolute atomic E-state index is 0.291. The van der Waals surface area contributed by atoms with Crippen LogP contribution >= 0.6 is 0 Å². The van der Waals surface area contributed by atoms with E-state index in [-0.39, 0.29) is 5.41 Å². The van der Waals surface area contributed by atoms with Gasteiger partial charge in [0.2, 0.25) is 0 Å². The molecule has 13 rings (SSSR count). The second-order valence-electron chi connectivity index (χ2n) is 18.1. The molecule has 0 aliphatic heterocycles. The molecule has 3 heteroatoms. The van der Waals surface area contributed by atoms with E-state index in [0.29, 0.717) is 0 Å². The van der Waals surface area contributed by atoms with Crippen molar-refractivity contribution < 1.29 is 4.42 Å². The molecule has 0 spiro atoms. The van der Waals surface area contributed by atoms with Gasteiger partial charge in [-0.2, -0.15) is 0 Å². The Hall–Kier alpha value is -8.40. The molecule has 0 saturated heterocycles. The Kier molecular flexibility index (Phi) is 8.56. The van der Waals surface area contributed by atoms with E-state index in [2.05, 4.69) is 248 Å². The maximum atomic E-state index is 6.82. The highest BCUT2D eigenvalue weighted by Crippen LogP contribution is 2.53. The Labute approximate surface area is 384 Å². The third-order valence-electron chi connectivity index (χ3n) is 14.0. The van der Waals surface area contributed by atoms with Crippen LogP contribution in [0.4, 0.5) is 17.1 Å². The molecular formula is C63H44N2O. The highest BCUT2D eigenvalue weighted by atomic mass is 16.3. The zero-order valence-electron chi connectivity index (χ0n) is 36.7. The number of para-hydroxylation sites is 4. The standard InChI is InChI=1S/C63H44N2O/c1-63(2)55-39-43(49-26-16-29-58-61(49)54-25-12-14-28-57(54)65(58)46-22-10-5-11-23-46)32-34-50(55)51-35-33-47(40-56(51)63)64(59-30-17-27-53-52-24-13-15-31-60(52)66-62(53)59)48-37-44(41-18-6-3-7-19-41)36-45(38-48)42-20-8-4-9-21-42/h3-40H,1-2H3. The molecule has 0 fully saturated rings. The molecule has 312 valence electrons. The average molecular weight is 845 g/mol. The van der Waals surface area contributed by atoms with Crippen molar-refractivity contribution in [1.82, 2.24) is 4.57 Å². The molecule has 3 nitrogen and oxygen atoms in total. The molecule has 2 aromatic heterocycles. The monoisotopic (exact) mass is 844 g/mol. The predicted molar refractivity (Wildman–Crippen MR) is 277 cm³/mol. The van der Waals surface area contributed by atoms with Gasteiger partial charge in [0.15, 0.2) is 5.58 Å². The number of hydrogen-bond donors (Lipinski definition) is 0. The van der Waals surface area contributed by atoms with E-state index in [1.807, 2.05) is 6.07 Å². The largest absolute Gasteiger partial charge is 0.454 e. The molecule has 10 aromatic carbocycles. The highest BCUT2D eigenvalue weighted by molar-refractivity contribution is 6.16. The van der Waals surface area contributed by atoms with Crippen molar-refractivity contribution >= 4 is 60.8 Å². The summed E-state index contributed by atoms with van der Waals surface area (Å²) in [7, 11) is 0. The van der Waals surface area contributed by atoms with Crippen molar-refractivity contribution in [3.05, 3.63) is 242 Å². The van der Waals surface area contributed by atoms with Gasteiger partial charge in [-0.15, -0.1) is 0 Å². The summed E-state index contributed by atoms with van der Waals surface area (Å²) in [6.45, 7) is 4.78. The van der Waals surface area contributed by atoms with E-state index in [1.54, 1.807) is 0 Å². The Morgan fingerprint density at radius 1 is 0.394 bits per heavy atom. The van der Waals surface area contributed by atoms with E-state index in [9.17, 15) is 0 Å². The van der Waals surface area contributed by atoms with Crippen molar-refractivity contribution in [3.63, 3.8) is 0 Å². The van der Waals surface area contributed by atoms with Gasteiger partial charge >= 0.3 is 0 Å². The van der Waals surface area contributed by atoms with Gasteiger partial charge in [0.25, 0.3) is 0 Å². The number of fused-ring (bicyclic) bond motifs is 9. The number of benzene rings is 10. The lowest BCUT2D eigenvalue weighted by molar-refractivity contribution is 0.660. The first-order valence-corrected chi connectivity index (χ1v) is 22.8. The summed E-state index contributed by atoms with van der Waals surface area (Å²) in [6.07, 6.45) is 0. The van der Waals surface area contributed by atoms with Gasteiger partial charge in [0.1, 0.15) is 5.58 Å². The van der Waals surface area contributed by atoms with Crippen LogP contribution in [0.2, 0.25) is 0 Å².